The Balaban J connectivity index is 1.68. The van der Waals surface area contributed by atoms with Crippen LogP contribution in [0.3, 0.4) is 0 Å². The molecule has 3 heterocycles. The van der Waals surface area contributed by atoms with Gasteiger partial charge in [0.15, 0.2) is 0 Å². The van der Waals surface area contributed by atoms with E-state index >= 15 is 0 Å². The van der Waals surface area contributed by atoms with Crippen molar-refractivity contribution in [2.24, 2.45) is 11.8 Å². The van der Waals surface area contributed by atoms with Gasteiger partial charge in [0.1, 0.15) is 5.92 Å². The lowest BCUT2D eigenvalue weighted by Gasteiger charge is -2.20. The van der Waals surface area contributed by atoms with Crippen LogP contribution in [0.2, 0.25) is 0 Å². The Kier molecular flexibility index (Phi) is 3.12. The standard InChI is InChI=1S/C13H13NO4S/c15-12(14-6-7-2-1-5-19-7)10-8-3-4-9(18-8)11(10)13(16)17/h1-5,8-11H,6H2,(H,14,15)(H,16,17)/t8-,9-,10-,11-/m1/s1. The van der Waals surface area contributed by atoms with Crippen LogP contribution in [0.15, 0.2) is 29.7 Å². The van der Waals surface area contributed by atoms with Crippen molar-refractivity contribution >= 4 is 23.2 Å². The van der Waals surface area contributed by atoms with Gasteiger partial charge in [0, 0.05) is 4.88 Å². The normalized spacial score (nSPS) is 31.6. The highest BCUT2D eigenvalue weighted by Gasteiger charge is 2.53. The van der Waals surface area contributed by atoms with Crippen molar-refractivity contribution in [3.63, 3.8) is 0 Å². The molecule has 0 unspecified atom stereocenters. The van der Waals surface area contributed by atoms with Crippen LogP contribution in [0, 0.1) is 11.8 Å². The molecular formula is C13H13NO4S. The third-order valence-electron chi connectivity index (χ3n) is 3.50. The van der Waals surface area contributed by atoms with Crippen molar-refractivity contribution in [3.05, 3.63) is 34.5 Å². The Morgan fingerprint density at radius 2 is 2.05 bits per heavy atom. The predicted octanol–water partition coefficient (Wildman–Crippen LogP) is 1.02. The number of ether oxygens (including phenoxy) is 1. The monoisotopic (exact) mass is 279 g/mol. The Labute approximate surface area is 113 Å². The van der Waals surface area contributed by atoms with Gasteiger partial charge in [-0.1, -0.05) is 18.2 Å². The molecule has 1 saturated heterocycles. The summed E-state index contributed by atoms with van der Waals surface area (Å²) in [6.45, 7) is 0.431. The summed E-state index contributed by atoms with van der Waals surface area (Å²) in [6, 6.07) is 3.84. The van der Waals surface area contributed by atoms with E-state index in [0.29, 0.717) is 6.54 Å². The number of thiophene rings is 1. The van der Waals surface area contributed by atoms with Crippen LogP contribution in [0.1, 0.15) is 4.88 Å². The molecule has 2 bridgehead atoms. The average molecular weight is 279 g/mol. The van der Waals surface area contributed by atoms with Crippen LogP contribution in [-0.2, 0) is 20.9 Å². The molecular weight excluding hydrogens is 266 g/mol. The number of carbonyl (C=O) groups excluding carboxylic acids is 1. The van der Waals surface area contributed by atoms with Gasteiger partial charge in [0.25, 0.3) is 0 Å². The van der Waals surface area contributed by atoms with Crippen LogP contribution in [-0.4, -0.2) is 29.2 Å². The van der Waals surface area contributed by atoms with E-state index in [-0.39, 0.29) is 5.91 Å². The first kappa shape index (κ1) is 12.4. The second-order valence-corrected chi connectivity index (χ2v) is 5.67. The lowest BCUT2D eigenvalue weighted by molar-refractivity contribution is -0.146. The number of nitrogens with one attached hydrogen (secondary N) is 1. The molecule has 1 fully saturated rings. The molecule has 0 aromatic carbocycles. The molecule has 1 amide bonds. The maximum Gasteiger partial charge on any atom is 0.310 e. The smallest absolute Gasteiger partial charge is 0.310 e. The Morgan fingerprint density at radius 1 is 1.32 bits per heavy atom. The minimum Gasteiger partial charge on any atom is -0.481 e. The van der Waals surface area contributed by atoms with E-state index in [1.165, 1.54) is 0 Å². The highest BCUT2D eigenvalue weighted by Crippen LogP contribution is 2.39. The van der Waals surface area contributed by atoms with Gasteiger partial charge in [0.2, 0.25) is 5.91 Å². The van der Waals surface area contributed by atoms with Crippen LogP contribution < -0.4 is 5.32 Å². The Hall–Kier alpha value is -1.66. The second kappa shape index (κ2) is 4.79. The molecule has 2 N–H and O–H groups in total. The fourth-order valence-electron chi connectivity index (χ4n) is 2.62. The number of fused-ring (bicyclic) bond motifs is 2. The molecule has 5 nitrogen and oxygen atoms in total. The lowest BCUT2D eigenvalue weighted by atomic mass is 9.82. The number of carbonyl (C=O) groups is 2. The van der Waals surface area contributed by atoms with E-state index in [4.69, 9.17) is 4.74 Å². The van der Waals surface area contributed by atoms with Crippen molar-refractivity contribution in [1.82, 2.24) is 5.32 Å². The summed E-state index contributed by atoms with van der Waals surface area (Å²) in [6.07, 6.45) is 2.63. The molecule has 1 aromatic heterocycles. The second-order valence-electron chi connectivity index (χ2n) is 4.64. The number of rotatable bonds is 4. The number of hydrogen-bond donors (Lipinski definition) is 2. The predicted molar refractivity (Wildman–Crippen MR) is 68.6 cm³/mol. The van der Waals surface area contributed by atoms with Gasteiger partial charge < -0.3 is 15.2 Å². The number of aliphatic carboxylic acids is 1. The van der Waals surface area contributed by atoms with Crippen LogP contribution in [0.25, 0.3) is 0 Å². The van der Waals surface area contributed by atoms with Crippen molar-refractivity contribution in [1.29, 1.82) is 0 Å². The molecule has 100 valence electrons. The van der Waals surface area contributed by atoms with Crippen molar-refractivity contribution < 1.29 is 19.4 Å². The molecule has 0 radical (unpaired) electrons. The van der Waals surface area contributed by atoms with Gasteiger partial charge in [-0.3, -0.25) is 9.59 Å². The summed E-state index contributed by atoms with van der Waals surface area (Å²) in [5, 5.41) is 13.9. The van der Waals surface area contributed by atoms with E-state index in [9.17, 15) is 14.7 Å². The van der Waals surface area contributed by atoms with Gasteiger partial charge >= 0.3 is 5.97 Å². The van der Waals surface area contributed by atoms with E-state index in [0.717, 1.165) is 4.88 Å². The van der Waals surface area contributed by atoms with Gasteiger partial charge in [-0.15, -0.1) is 11.3 Å². The third-order valence-corrected chi connectivity index (χ3v) is 4.38. The van der Waals surface area contributed by atoms with E-state index in [1.54, 1.807) is 23.5 Å². The van der Waals surface area contributed by atoms with Gasteiger partial charge in [-0.05, 0) is 11.4 Å². The zero-order valence-corrected chi connectivity index (χ0v) is 10.8. The van der Waals surface area contributed by atoms with Gasteiger partial charge in [0.05, 0.1) is 24.7 Å². The molecule has 0 aliphatic carbocycles. The quantitative estimate of drug-likeness (QED) is 0.807. The fourth-order valence-corrected chi connectivity index (χ4v) is 3.26. The first-order valence-electron chi connectivity index (χ1n) is 6.03. The van der Waals surface area contributed by atoms with Gasteiger partial charge in [-0.25, -0.2) is 0 Å². The van der Waals surface area contributed by atoms with Crippen molar-refractivity contribution in [2.75, 3.05) is 0 Å². The first-order chi connectivity index (χ1) is 9.16. The zero-order valence-electron chi connectivity index (χ0n) is 9.98. The van der Waals surface area contributed by atoms with Crippen molar-refractivity contribution in [3.8, 4) is 0 Å². The molecule has 6 heteroatoms. The average Bonchev–Trinajstić information content (AvgIpc) is 3.10. The van der Waals surface area contributed by atoms with E-state index in [1.807, 2.05) is 17.5 Å². The fraction of sp³-hybridized carbons (Fsp3) is 0.385. The zero-order chi connectivity index (χ0) is 13.4. The molecule has 19 heavy (non-hydrogen) atoms. The van der Waals surface area contributed by atoms with E-state index in [2.05, 4.69) is 5.32 Å². The molecule has 3 rings (SSSR count). The molecule has 1 aromatic rings. The number of carboxylic acid groups (broad SMARTS) is 1. The molecule has 0 spiro atoms. The minimum atomic E-state index is -0.979. The summed E-state index contributed by atoms with van der Waals surface area (Å²) in [5.74, 6) is -2.64. The van der Waals surface area contributed by atoms with Crippen LogP contribution in [0.4, 0.5) is 0 Å². The lowest BCUT2D eigenvalue weighted by Crippen LogP contribution is -2.42. The Bertz CT molecular complexity index is 525. The first-order valence-corrected chi connectivity index (χ1v) is 6.91. The maximum atomic E-state index is 12.2. The summed E-state index contributed by atoms with van der Waals surface area (Å²) in [4.78, 5) is 24.5. The molecule has 2 aliphatic rings. The van der Waals surface area contributed by atoms with Crippen molar-refractivity contribution in [2.45, 2.75) is 18.8 Å². The summed E-state index contributed by atoms with van der Waals surface area (Å²) < 4.78 is 5.47. The number of amides is 1. The van der Waals surface area contributed by atoms with E-state index < -0.39 is 30.0 Å². The van der Waals surface area contributed by atoms with Crippen LogP contribution in [0.5, 0.6) is 0 Å². The summed E-state index contributed by atoms with van der Waals surface area (Å²) in [5.41, 5.74) is 0. The highest BCUT2D eigenvalue weighted by atomic mass is 32.1. The third kappa shape index (κ3) is 2.17. The topological polar surface area (TPSA) is 75.6 Å². The minimum absolute atomic E-state index is 0.252. The van der Waals surface area contributed by atoms with Crippen LogP contribution >= 0.6 is 11.3 Å². The molecule has 0 saturated carbocycles. The Morgan fingerprint density at radius 3 is 2.68 bits per heavy atom. The number of carboxylic acids is 1. The number of hydrogen-bond acceptors (Lipinski definition) is 4. The maximum absolute atomic E-state index is 12.2. The van der Waals surface area contributed by atoms with Gasteiger partial charge in [-0.2, -0.15) is 0 Å². The molecule has 4 atom stereocenters. The highest BCUT2D eigenvalue weighted by molar-refractivity contribution is 7.09. The summed E-state index contributed by atoms with van der Waals surface area (Å²) in [7, 11) is 0. The largest absolute Gasteiger partial charge is 0.481 e. The summed E-state index contributed by atoms with van der Waals surface area (Å²) >= 11 is 1.55. The SMILES string of the molecule is O=C(O)[C@H]1[C@H](C(=O)NCc2cccs2)[C@H]2C=C[C@H]1O2. The molecule has 2 aliphatic heterocycles.